The van der Waals surface area contributed by atoms with Crippen LogP contribution >= 0.6 is 19.4 Å². The predicted octanol–water partition coefficient (Wildman–Crippen LogP) is 4.51. The average molecular weight is 799 g/mol. The van der Waals surface area contributed by atoms with Crippen LogP contribution < -0.4 is 14.2 Å². The SMILES string of the molecule is COc1ccc(C(C)(C)c2nnc(SCc3c(F)cc(S(=O)(=O)NC(=O)N4CCN(CCP(=O)(O)O)CC4)cc3F)n2-c2ccc(F)cc2)cc1OC. The molecule has 286 valence electrons. The smallest absolute Gasteiger partial charge is 0.331 e. The first-order valence-corrected chi connectivity index (χ1v) is 20.3. The van der Waals surface area contributed by atoms with E-state index in [-0.39, 0.29) is 49.8 Å². The van der Waals surface area contributed by atoms with E-state index >= 15 is 8.78 Å². The van der Waals surface area contributed by atoms with Gasteiger partial charge in [0.15, 0.2) is 16.7 Å². The molecular formula is C33H38F3N6O8PS2. The number of amides is 2. The number of methoxy groups -OCH3 is 2. The highest BCUT2D eigenvalue weighted by molar-refractivity contribution is 7.98. The van der Waals surface area contributed by atoms with Crippen molar-refractivity contribution in [2.45, 2.75) is 35.1 Å². The van der Waals surface area contributed by atoms with Crippen molar-refractivity contribution in [3.05, 3.63) is 89.0 Å². The van der Waals surface area contributed by atoms with Gasteiger partial charge < -0.3 is 24.2 Å². The largest absolute Gasteiger partial charge is 0.493 e. The van der Waals surface area contributed by atoms with Gasteiger partial charge in [-0.25, -0.2) is 31.1 Å². The zero-order valence-corrected chi connectivity index (χ0v) is 31.7. The number of benzene rings is 3. The zero-order valence-electron chi connectivity index (χ0n) is 29.1. The second-order valence-electron chi connectivity index (χ2n) is 12.6. The van der Waals surface area contributed by atoms with Crippen LogP contribution in [-0.4, -0.2) is 102 Å². The molecule has 20 heteroatoms. The number of ether oxygens (including phenoxy) is 2. The van der Waals surface area contributed by atoms with E-state index in [1.807, 2.05) is 24.6 Å². The summed E-state index contributed by atoms with van der Waals surface area (Å²) in [6.07, 6.45) is -0.354. The first-order chi connectivity index (χ1) is 24.9. The van der Waals surface area contributed by atoms with Crippen LogP contribution in [0.25, 0.3) is 5.69 Å². The molecule has 3 N–H and O–H groups in total. The number of sulfonamides is 1. The highest BCUT2D eigenvalue weighted by Gasteiger charge is 2.33. The molecule has 2 amide bonds. The molecule has 53 heavy (non-hydrogen) atoms. The van der Waals surface area contributed by atoms with E-state index in [4.69, 9.17) is 19.3 Å². The first-order valence-electron chi connectivity index (χ1n) is 16.1. The molecule has 5 rings (SSSR count). The van der Waals surface area contributed by atoms with E-state index < -0.39 is 57.0 Å². The van der Waals surface area contributed by atoms with E-state index in [2.05, 4.69) is 10.2 Å². The third kappa shape index (κ3) is 9.34. The fraction of sp³-hybridized carbons (Fsp3) is 0.364. The second-order valence-corrected chi connectivity index (χ2v) is 17.0. The number of nitrogens with one attached hydrogen (secondary N) is 1. The fourth-order valence-corrected chi connectivity index (χ4v) is 8.15. The Morgan fingerprint density at radius 2 is 1.57 bits per heavy atom. The van der Waals surface area contributed by atoms with Crippen molar-refractivity contribution in [2.75, 3.05) is 53.1 Å². The molecule has 1 fully saturated rings. The molecule has 0 radical (unpaired) electrons. The van der Waals surface area contributed by atoms with Crippen LogP contribution in [0.15, 0.2) is 64.6 Å². The number of aromatic nitrogens is 3. The van der Waals surface area contributed by atoms with Gasteiger partial charge in [0.25, 0.3) is 10.0 Å². The summed E-state index contributed by atoms with van der Waals surface area (Å²) in [5.41, 5.74) is -0.0521. The number of rotatable bonds is 13. The highest BCUT2D eigenvalue weighted by Crippen LogP contribution is 2.39. The number of carbonyl (C=O) groups is 1. The Morgan fingerprint density at radius 3 is 2.15 bits per heavy atom. The summed E-state index contributed by atoms with van der Waals surface area (Å²) in [5.74, 6) is -1.77. The molecule has 0 unspecified atom stereocenters. The molecule has 0 saturated carbocycles. The summed E-state index contributed by atoms with van der Waals surface area (Å²) in [5, 5.41) is 8.96. The van der Waals surface area contributed by atoms with E-state index in [0.29, 0.717) is 35.1 Å². The topological polar surface area (TPSA) is 176 Å². The molecule has 0 atom stereocenters. The lowest BCUT2D eigenvalue weighted by Crippen LogP contribution is -2.53. The maximum absolute atomic E-state index is 15.4. The van der Waals surface area contributed by atoms with Crippen molar-refractivity contribution >= 4 is 35.4 Å². The monoisotopic (exact) mass is 798 g/mol. The van der Waals surface area contributed by atoms with Crippen molar-refractivity contribution in [3.63, 3.8) is 0 Å². The van der Waals surface area contributed by atoms with Crippen LogP contribution in [0.3, 0.4) is 0 Å². The molecule has 2 heterocycles. The number of hydrogen-bond donors (Lipinski definition) is 3. The molecule has 0 aliphatic carbocycles. The predicted molar refractivity (Wildman–Crippen MR) is 190 cm³/mol. The number of halogens is 3. The van der Waals surface area contributed by atoms with Gasteiger partial charge in [-0.15, -0.1) is 10.2 Å². The normalized spacial score (nSPS) is 14.3. The molecule has 0 spiro atoms. The number of piperazine rings is 1. The molecule has 3 aromatic carbocycles. The summed E-state index contributed by atoms with van der Waals surface area (Å²) >= 11 is 0.919. The van der Waals surface area contributed by atoms with Crippen LogP contribution in [0.4, 0.5) is 18.0 Å². The molecule has 1 saturated heterocycles. The molecular weight excluding hydrogens is 760 g/mol. The molecule has 1 aliphatic rings. The fourth-order valence-electron chi connectivity index (χ4n) is 5.64. The third-order valence-corrected chi connectivity index (χ3v) is 11.8. The van der Waals surface area contributed by atoms with Crippen molar-refractivity contribution in [2.24, 2.45) is 0 Å². The zero-order chi connectivity index (χ0) is 38.7. The summed E-state index contributed by atoms with van der Waals surface area (Å²) in [7, 11) is -5.87. The van der Waals surface area contributed by atoms with Gasteiger partial charge in [-0.1, -0.05) is 17.8 Å². The van der Waals surface area contributed by atoms with E-state index in [0.717, 1.165) is 17.3 Å². The highest BCUT2D eigenvalue weighted by atomic mass is 32.2. The number of hydrogen-bond acceptors (Lipinski definition) is 10. The van der Waals surface area contributed by atoms with Gasteiger partial charge >= 0.3 is 13.6 Å². The third-order valence-electron chi connectivity index (χ3n) is 8.74. The Morgan fingerprint density at radius 1 is 0.943 bits per heavy atom. The van der Waals surface area contributed by atoms with Gasteiger partial charge in [0.1, 0.15) is 23.3 Å². The maximum Gasteiger partial charge on any atom is 0.331 e. The van der Waals surface area contributed by atoms with Crippen molar-refractivity contribution in [1.82, 2.24) is 29.3 Å². The van der Waals surface area contributed by atoms with Crippen LogP contribution in [0.5, 0.6) is 11.5 Å². The van der Waals surface area contributed by atoms with Crippen LogP contribution in [-0.2, 0) is 25.8 Å². The summed E-state index contributed by atoms with van der Waals surface area (Å²) in [6.45, 7) is 4.50. The number of nitrogens with zero attached hydrogens (tertiary/aromatic N) is 5. The Labute approximate surface area is 308 Å². The summed E-state index contributed by atoms with van der Waals surface area (Å²) in [6, 6.07) is 11.1. The Hall–Kier alpha value is -4.13. The number of carbonyl (C=O) groups excluding carboxylic acids is 1. The molecule has 4 aromatic rings. The second kappa shape index (κ2) is 16.1. The van der Waals surface area contributed by atoms with Crippen molar-refractivity contribution in [1.29, 1.82) is 0 Å². The lowest BCUT2D eigenvalue weighted by molar-refractivity contribution is 0.146. The Kier molecular flexibility index (Phi) is 12.2. The van der Waals surface area contributed by atoms with Gasteiger partial charge in [-0.2, -0.15) is 0 Å². The van der Waals surface area contributed by atoms with E-state index in [1.54, 1.807) is 21.6 Å². The van der Waals surface area contributed by atoms with E-state index in [9.17, 15) is 22.2 Å². The van der Waals surface area contributed by atoms with Gasteiger partial charge in [0.2, 0.25) is 0 Å². The number of thioether (sulfide) groups is 1. The first kappa shape index (κ1) is 40.1. The lowest BCUT2D eigenvalue weighted by atomic mass is 9.83. The van der Waals surface area contributed by atoms with Crippen LogP contribution in [0.1, 0.15) is 30.8 Å². The van der Waals surface area contributed by atoms with Crippen molar-refractivity contribution in [3.8, 4) is 17.2 Å². The summed E-state index contributed by atoms with van der Waals surface area (Å²) < 4.78 is 96.3. The standard InChI is InChI=1S/C33H38F3N6O8PS2/c1-33(2,21-5-10-28(49-3)29(17-21)50-4)30-37-38-32(42(30)23-8-6-22(34)7-9-23)52-20-25-26(35)18-24(19-27(25)36)53(47,48)39-31(43)41-13-11-40(12-14-41)15-16-51(44,45)46/h5-10,17-19H,11-16,20H2,1-4H3,(H,39,43)(H2,44,45,46). The van der Waals surface area contributed by atoms with Gasteiger partial charge in [0.05, 0.1) is 30.7 Å². The van der Waals surface area contributed by atoms with Crippen LogP contribution in [0.2, 0.25) is 0 Å². The minimum Gasteiger partial charge on any atom is -0.493 e. The Balaban J connectivity index is 1.35. The quantitative estimate of drug-likeness (QED) is 0.128. The molecule has 1 aliphatic heterocycles. The van der Waals surface area contributed by atoms with Crippen molar-refractivity contribution < 1.29 is 50.2 Å². The lowest BCUT2D eigenvalue weighted by Gasteiger charge is -2.34. The maximum atomic E-state index is 15.4. The minimum absolute atomic E-state index is 0.0666. The molecule has 0 bridgehead atoms. The van der Waals surface area contributed by atoms with Gasteiger partial charge in [-0.3, -0.25) is 14.0 Å². The van der Waals surface area contributed by atoms with Gasteiger partial charge in [0, 0.05) is 49.7 Å². The minimum atomic E-state index is -4.69. The summed E-state index contributed by atoms with van der Waals surface area (Å²) in [4.78, 5) is 33.0. The number of urea groups is 1. The van der Waals surface area contributed by atoms with Crippen LogP contribution in [0, 0.1) is 17.5 Å². The van der Waals surface area contributed by atoms with E-state index in [1.165, 1.54) is 43.4 Å². The van der Waals surface area contributed by atoms with Gasteiger partial charge in [-0.05, 0) is 67.9 Å². The molecule has 14 nitrogen and oxygen atoms in total. The Bertz CT molecular complexity index is 2100. The average Bonchev–Trinajstić information content (AvgIpc) is 3.54. The molecule has 1 aromatic heterocycles.